The number of hydrogen-bond donors (Lipinski definition) is 1. The lowest BCUT2D eigenvalue weighted by molar-refractivity contribution is -0.138. The summed E-state index contributed by atoms with van der Waals surface area (Å²) in [5.41, 5.74) is 2.48. The molecule has 0 fully saturated rings. The zero-order chi connectivity index (χ0) is 14.7. The van der Waals surface area contributed by atoms with Gasteiger partial charge in [0.2, 0.25) is 0 Å². The fourth-order valence-electron chi connectivity index (χ4n) is 2.06. The van der Waals surface area contributed by atoms with E-state index in [2.05, 4.69) is 0 Å². The van der Waals surface area contributed by atoms with Crippen LogP contribution in [0.25, 0.3) is 11.1 Å². The molecule has 0 aliphatic rings. The van der Waals surface area contributed by atoms with Crippen LogP contribution in [0.1, 0.15) is 18.4 Å². The number of aliphatic carboxylic acids is 1. The van der Waals surface area contributed by atoms with Gasteiger partial charge in [0.25, 0.3) is 0 Å². The highest BCUT2D eigenvalue weighted by molar-refractivity contribution is 6.30. The number of methoxy groups -OCH3 is 1. The van der Waals surface area contributed by atoms with Crippen molar-refractivity contribution in [1.29, 1.82) is 0 Å². The lowest BCUT2D eigenvalue weighted by Crippen LogP contribution is -2.08. The van der Waals surface area contributed by atoms with Crippen LogP contribution in [-0.4, -0.2) is 18.2 Å². The molecule has 1 atom stereocenters. The Hall–Kier alpha value is -2.00. The molecule has 0 heterocycles. The van der Waals surface area contributed by atoms with Gasteiger partial charge in [0.15, 0.2) is 0 Å². The number of halogens is 1. The van der Waals surface area contributed by atoms with Crippen molar-refractivity contribution in [2.45, 2.75) is 12.8 Å². The molecule has 1 unspecified atom stereocenters. The van der Waals surface area contributed by atoms with Crippen molar-refractivity contribution < 1.29 is 14.6 Å². The molecule has 2 aromatic rings. The SMILES string of the molecule is COc1ccc(-c2cc(Cl)ccc2C(C)C(=O)O)cc1. The molecule has 0 saturated heterocycles. The average Bonchev–Trinajstić information content (AvgIpc) is 2.46. The second-order valence-corrected chi connectivity index (χ2v) is 4.96. The van der Waals surface area contributed by atoms with Crippen LogP contribution in [0.15, 0.2) is 42.5 Å². The molecule has 104 valence electrons. The van der Waals surface area contributed by atoms with Gasteiger partial charge in [0.05, 0.1) is 13.0 Å². The zero-order valence-corrected chi connectivity index (χ0v) is 12.0. The highest BCUT2D eigenvalue weighted by Crippen LogP contribution is 2.32. The molecule has 2 rings (SSSR count). The monoisotopic (exact) mass is 290 g/mol. The molecule has 0 spiro atoms. The van der Waals surface area contributed by atoms with Gasteiger partial charge in [-0.1, -0.05) is 29.8 Å². The van der Waals surface area contributed by atoms with Crippen LogP contribution in [0.4, 0.5) is 0 Å². The van der Waals surface area contributed by atoms with E-state index >= 15 is 0 Å². The van der Waals surface area contributed by atoms with Gasteiger partial charge in [-0.2, -0.15) is 0 Å². The van der Waals surface area contributed by atoms with E-state index in [0.29, 0.717) is 5.02 Å². The van der Waals surface area contributed by atoms with Crippen LogP contribution in [0, 0.1) is 0 Å². The summed E-state index contributed by atoms with van der Waals surface area (Å²) in [5, 5.41) is 9.79. The molecule has 0 bridgehead atoms. The molecule has 0 amide bonds. The Balaban J connectivity index is 2.53. The van der Waals surface area contributed by atoms with Crippen LogP contribution in [-0.2, 0) is 4.79 Å². The fourth-order valence-corrected chi connectivity index (χ4v) is 2.23. The average molecular weight is 291 g/mol. The van der Waals surface area contributed by atoms with Crippen molar-refractivity contribution in [1.82, 2.24) is 0 Å². The summed E-state index contributed by atoms with van der Waals surface area (Å²) in [4.78, 5) is 11.2. The molecule has 3 nitrogen and oxygen atoms in total. The summed E-state index contributed by atoms with van der Waals surface area (Å²) in [5.74, 6) is -0.699. The van der Waals surface area contributed by atoms with Crippen molar-refractivity contribution >= 4 is 17.6 Å². The summed E-state index contributed by atoms with van der Waals surface area (Å²) in [6.07, 6.45) is 0. The largest absolute Gasteiger partial charge is 0.497 e. The summed E-state index contributed by atoms with van der Waals surface area (Å²) >= 11 is 6.04. The number of hydrogen-bond acceptors (Lipinski definition) is 2. The van der Waals surface area contributed by atoms with Crippen molar-refractivity contribution in [3.8, 4) is 16.9 Å². The molecular weight excluding hydrogens is 276 g/mol. The third-order valence-corrected chi connectivity index (χ3v) is 3.49. The van der Waals surface area contributed by atoms with Gasteiger partial charge in [0.1, 0.15) is 5.75 Å². The van der Waals surface area contributed by atoms with Crippen molar-refractivity contribution in [3.63, 3.8) is 0 Å². The Bertz CT molecular complexity index is 620. The molecular formula is C16H15ClO3. The lowest BCUT2D eigenvalue weighted by atomic mass is 9.91. The summed E-state index contributed by atoms with van der Waals surface area (Å²) in [6.45, 7) is 1.67. The minimum atomic E-state index is -0.859. The molecule has 20 heavy (non-hydrogen) atoms. The minimum Gasteiger partial charge on any atom is -0.497 e. The second-order valence-electron chi connectivity index (χ2n) is 4.52. The Kier molecular flexibility index (Phi) is 4.30. The van der Waals surface area contributed by atoms with E-state index in [-0.39, 0.29) is 0 Å². The molecule has 4 heteroatoms. The highest BCUT2D eigenvalue weighted by atomic mass is 35.5. The van der Waals surface area contributed by atoms with E-state index in [1.165, 1.54) is 0 Å². The predicted molar refractivity (Wildman–Crippen MR) is 79.5 cm³/mol. The van der Waals surface area contributed by atoms with Crippen LogP contribution in [0.5, 0.6) is 5.75 Å². The maximum Gasteiger partial charge on any atom is 0.310 e. The quantitative estimate of drug-likeness (QED) is 0.918. The van der Waals surface area contributed by atoms with Gasteiger partial charge in [-0.05, 0) is 47.9 Å². The van der Waals surface area contributed by atoms with Crippen LogP contribution in [0.2, 0.25) is 5.02 Å². The van der Waals surface area contributed by atoms with E-state index in [1.54, 1.807) is 32.2 Å². The number of rotatable bonds is 4. The Morgan fingerprint density at radius 1 is 1.20 bits per heavy atom. The number of benzene rings is 2. The summed E-state index contributed by atoms with van der Waals surface area (Å²) in [6, 6.07) is 12.7. The first-order chi connectivity index (χ1) is 9.52. The van der Waals surface area contributed by atoms with E-state index in [9.17, 15) is 9.90 Å². The molecule has 2 aromatic carbocycles. The van der Waals surface area contributed by atoms with Crippen LogP contribution >= 0.6 is 11.6 Å². The third-order valence-electron chi connectivity index (χ3n) is 3.25. The highest BCUT2D eigenvalue weighted by Gasteiger charge is 2.18. The molecule has 1 N–H and O–H groups in total. The minimum absolute atomic E-state index is 0.581. The smallest absolute Gasteiger partial charge is 0.310 e. The topological polar surface area (TPSA) is 46.5 Å². The Labute approximate surface area is 122 Å². The van der Waals surface area contributed by atoms with Crippen molar-refractivity contribution in [2.24, 2.45) is 0 Å². The standard InChI is InChI=1S/C16H15ClO3/c1-10(16(18)19)14-8-5-12(17)9-15(14)11-3-6-13(20-2)7-4-11/h3-10H,1-2H3,(H,18,19). The van der Waals surface area contributed by atoms with E-state index in [4.69, 9.17) is 16.3 Å². The molecule has 0 radical (unpaired) electrons. The number of carboxylic acids is 1. The maximum absolute atomic E-state index is 11.2. The van der Waals surface area contributed by atoms with Crippen molar-refractivity contribution in [3.05, 3.63) is 53.1 Å². The van der Waals surface area contributed by atoms with Crippen LogP contribution in [0.3, 0.4) is 0 Å². The predicted octanol–water partition coefficient (Wildman–Crippen LogP) is 4.20. The van der Waals surface area contributed by atoms with Gasteiger partial charge in [-0.3, -0.25) is 4.79 Å². The van der Waals surface area contributed by atoms with E-state index in [0.717, 1.165) is 22.4 Å². The van der Waals surface area contributed by atoms with Crippen LogP contribution < -0.4 is 4.74 Å². The van der Waals surface area contributed by atoms with Gasteiger partial charge in [-0.15, -0.1) is 0 Å². The molecule has 0 aromatic heterocycles. The third kappa shape index (κ3) is 2.94. The fraction of sp³-hybridized carbons (Fsp3) is 0.188. The molecule has 0 aliphatic carbocycles. The summed E-state index contributed by atoms with van der Waals surface area (Å²) in [7, 11) is 1.60. The lowest BCUT2D eigenvalue weighted by Gasteiger charge is -2.14. The van der Waals surface area contributed by atoms with Gasteiger partial charge < -0.3 is 9.84 Å². The Morgan fingerprint density at radius 3 is 2.40 bits per heavy atom. The first-order valence-electron chi connectivity index (χ1n) is 6.19. The molecule has 0 aliphatic heterocycles. The normalized spacial score (nSPS) is 11.9. The molecule has 0 saturated carbocycles. The van der Waals surface area contributed by atoms with E-state index < -0.39 is 11.9 Å². The number of carboxylic acid groups (broad SMARTS) is 1. The van der Waals surface area contributed by atoms with E-state index in [1.807, 2.05) is 24.3 Å². The second kappa shape index (κ2) is 5.97. The number of ether oxygens (including phenoxy) is 1. The van der Waals surface area contributed by atoms with Gasteiger partial charge in [-0.25, -0.2) is 0 Å². The maximum atomic E-state index is 11.2. The summed E-state index contributed by atoms with van der Waals surface area (Å²) < 4.78 is 5.12. The number of carbonyl (C=O) groups is 1. The van der Waals surface area contributed by atoms with Gasteiger partial charge in [0, 0.05) is 5.02 Å². The Morgan fingerprint density at radius 2 is 1.85 bits per heavy atom. The zero-order valence-electron chi connectivity index (χ0n) is 11.3. The van der Waals surface area contributed by atoms with Gasteiger partial charge >= 0.3 is 5.97 Å². The first kappa shape index (κ1) is 14.4. The first-order valence-corrected chi connectivity index (χ1v) is 6.57. The van der Waals surface area contributed by atoms with Crippen molar-refractivity contribution in [2.75, 3.05) is 7.11 Å².